The number of likely N-dealkylation sites (N-methyl/N-ethyl adjacent to an activating group) is 1. The van der Waals surface area contributed by atoms with Crippen LogP contribution in [0.15, 0.2) is 29.4 Å². The lowest BCUT2D eigenvalue weighted by molar-refractivity contribution is -0.132. The van der Waals surface area contributed by atoms with Crippen LogP contribution in [0, 0.1) is 6.92 Å². The van der Waals surface area contributed by atoms with Gasteiger partial charge >= 0.3 is 0 Å². The molecule has 3 N–H and O–H groups in total. The summed E-state index contributed by atoms with van der Waals surface area (Å²) in [4.78, 5) is 25.4. The molecule has 2 amide bonds. The Morgan fingerprint density at radius 2 is 2.00 bits per heavy atom. The van der Waals surface area contributed by atoms with Gasteiger partial charge in [-0.1, -0.05) is 41.6 Å². The molecule has 1 saturated carbocycles. The minimum atomic E-state index is -0.166. The first-order valence-electron chi connectivity index (χ1n) is 8.37. The van der Waals surface area contributed by atoms with Crippen molar-refractivity contribution in [1.82, 2.24) is 25.1 Å². The molecule has 0 aliphatic heterocycles. The van der Waals surface area contributed by atoms with Crippen LogP contribution in [0.3, 0.4) is 0 Å². The topological polar surface area (TPSA) is 106 Å². The number of carbonyl (C=O) groups excluding carboxylic acids is 2. The maximum atomic E-state index is 12.2. The van der Waals surface area contributed by atoms with Gasteiger partial charge in [0.1, 0.15) is 0 Å². The highest BCUT2D eigenvalue weighted by molar-refractivity contribution is 7.99. The smallest absolute Gasteiger partial charge is 0.239 e. The molecule has 1 aromatic carbocycles. The Bertz CT molecular complexity index is 800. The number of rotatable bonds is 7. The van der Waals surface area contributed by atoms with E-state index in [-0.39, 0.29) is 30.2 Å². The zero-order valence-electron chi connectivity index (χ0n) is 14.8. The standard InChI is InChI=1S/C17H22N6O2S/c1-11-3-5-12(6-4-11)16-20-21-17(23(16)18)26-10-15(25)22(2)9-14(24)19-13-7-8-13/h3-6,13H,7-10,18H2,1-2H3,(H,19,24). The van der Waals surface area contributed by atoms with Gasteiger partial charge < -0.3 is 16.1 Å². The van der Waals surface area contributed by atoms with Gasteiger partial charge in [0.05, 0.1) is 12.3 Å². The second-order valence-corrected chi connectivity index (χ2v) is 7.36. The maximum Gasteiger partial charge on any atom is 0.239 e. The second-order valence-electron chi connectivity index (χ2n) is 6.42. The fourth-order valence-corrected chi connectivity index (χ4v) is 3.11. The first-order valence-corrected chi connectivity index (χ1v) is 9.36. The fraction of sp³-hybridized carbons (Fsp3) is 0.412. The zero-order chi connectivity index (χ0) is 18.7. The number of hydrogen-bond donors (Lipinski definition) is 2. The van der Waals surface area contributed by atoms with Gasteiger partial charge in [-0.05, 0) is 19.8 Å². The third-order valence-electron chi connectivity index (χ3n) is 4.05. The predicted molar refractivity (Wildman–Crippen MR) is 99.9 cm³/mol. The van der Waals surface area contributed by atoms with Crippen molar-refractivity contribution in [2.24, 2.45) is 0 Å². The monoisotopic (exact) mass is 374 g/mol. The summed E-state index contributed by atoms with van der Waals surface area (Å²) in [5, 5.41) is 11.5. The number of carbonyl (C=O) groups is 2. The molecule has 1 aromatic heterocycles. The van der Waals surface area contributed by atoms with Gasteiger partial charge in [0.25, 0.3) is 0 Å². The molecule has 9 heteroatoms. The summed E-state index contributed by atoms with van der Waals surface area (Å²) in [6, 6.07) is 8.09. The van der Waals surface area contributed by atoms with E-state index in [4.69, 9.17) is 5.84 Å². The number of nitrogen functional groups attached to an aromatic ring is 1. The lowest BCUT2D eigenvalue weighted by atomic mass is 10.1. The largest absolute Gasteiger partial charge is 0.352 e. The highest BCUT2D eigenvalue weighted by atomic mass is 32.2. The van der Waals surface area contributed by atoms with Crippen molar-refractivity contribution in [2.45, 2.75) is 31.0 Å². The van der Waals surface area contributed by atoms with Crippen LogP contribution in [0.4, 0.5) is 0 Å². The minimum Gasteiger partial charge on any atom is -0.352 e. The number of amides is 2. The minimum absolute atomic E-state index is 0.0554. The van der Waals surface area contributed by atoms with E-state index in [2.05, 4.69) is 15.5 Å². The third kappa shape index (κ3) is 4.54. The van der Waals surface area contributed by atoms with Crippen LogP contribution in [0.2, 0.25) is 0 Å². The zero-order valence-corrected chi connectivity index (χ0v) is 15.6. The van der Waals surface area contributed by atoms with Crippen molar-refractivity contribution in [3.05, 3.63) is 29.8 Å². The van der Waals surface area contributed by atoms with Crippen molar-refractivity contribution >= 4 is 23.6 Å². The highest BCUT2D eigenvalue weighted by Gasteiger charge is 2.24. The average Bonchev–Trinajstić information content (AvgIpc) is 3.34. The van der Waals surface area contributed by atoms with Crippen LogP contribution in [0.5, 0.6) is 0 Å². The van der Waals surface area contributed by atoms with E-state index in [0.717, 1.165) is 24.0 Å². The van der Waals surface area contributed by atoms with E-state index < -0.39 is 0 Å². The summed E-state index contributed by atoms with van der Waals surface area (Å²) in [5.74, 6) is 6.44. The molecule has 0 atom stereocenters. The third-order valence-corrected chi connectivity index (χ3v) is 4.98. The molecule has 0 bridgehead atoms. The molecular weight excluding hydrogens is 352 g/mol. The van der Waals surface area contributed by atoms with Gasteiger partial charge in [0.15, 0.2) is 5.82 Å². The first-order chi connectivity index (χ1) is 12.4. The molecule has 0 spiro atoms. The molecule has 0 saturated heterocycles. The van der Waals surface area contributed by atoms with Crippen LogP contribution in [0.1, 0.15) is 18.4 Å². The van der Waals surface area contributed by atoms with Crippen LogP contribution >= 0.6 is 11.8 Å². The normalized spacial score (nSPS) is 13.5. The van der Waals surface area contributed by atoms with E-state index in [1.54, 1.807) is 7.05 Å². The van der Waals surface area contributed by atoms with E-state index in [1.807, 2.05) is 31.2 Å². The number of benzene rings is 1. The maximum absolute atomic E-state index is 12.2. The molecule has 138 valence electrons. The first kappa shape index (κ1) is 18.2. The number of thioether (sulfide) groups is 1. The number of hydrogen-bond acceptors (Lipinski definition) is 6. The van der Waals surface area contributed by atoms with Crippen molar-refractivity contribution < 1.29 is 9.59 Å². The molecule has 8 nitrogen and oxygen atoms in total. The fourth-order valence-electron chi connectivity index (χ4n) is 2.32. The molecule has 2 aromatic rings. The molecule has 1 aliphatic rings. The summed E-state index contributed by atoms with van der Waals surface area (Å²) in [7, 11) is 1.61. The second kappa shape index (κ2) is 7.77. The predicted octanol–water partition coefficient (Wildman–Crippen LogP) is 0.796. The molecular formula is C17H22N6O2S. The van der Waals surface area contributed by atoms with Gasteiger partial charge in [-0.3, -0.25) is 9.59 Å². The molecule has 1 aliphatic carbocycles. The molecule has 0 unspecified atom stereocenters. The lowest BCUT2D eigenvalue weighted by Crippen LogP contribution is -2.39. The number of nitrogens with zero attached hydrogens (tertiary/aromatic N) is 4. The Morgan fingerprint density at radius 1 is 1.31 bits per heavy atom. The molecule has 1 heterocycles. The van der Waals surface area contributed by atoms with Gasteiger partial charge in [-0.2, -0.15) is 0 Å². The van der Waals surface area contributed by atoms with Crippen molar-refractivity contribution in [2.75, 3.05) is 25.2 Å². The lowest BCUT2D eigenvalue weighted by Gasteiger charge is -2.16. The van der Waals surface area contributed by atoms with Crippen molar-refractivity contribution in [3.8, 4) is 11.4 Å². The van der Waals surface area contributed by atoms with Crippen LogP contribution in [0.25, 0.3) is 11.4 Å². The van der Waals surface area contributed by atoms with Gasteiger partial charge in [-0.15, -0.1) is 10.2 Å². The average molecular weight is 374 g/mol. The Morgan fingerprint density at radius 3 is 2.65 bits per heavy atom. The molecule has 1 fully saturated rings. The van der Waals surface area contributed by atoms with Crippen molar-refractivity contribution in [3.63, 3.8) is 0 Å². The van der Waals surface area contributed by atoms with E-state index in [1.165, 1.54) is 21.3 Å². The van der Waals surface area contributed by atoms with Gasteiger partial charge in [-0.25, -0.2) is 4.68 Å². The number of aryl methyl sites for hydroxylation is 1. The number of aromatic nitrogens is 3. The Balaban J connectivity index is 1.54. The van der Waals surface area contributed by atoms with Gasteiger partial charge in [0, 0.05) is 18.7 Å². The van der Waals surface area contributed by atoms with E-state index in [0.29, 0.717) is 11.0 Å². The summed E-state index contributed by atoms with van der Waals surface area (Å²) in [5.41, 5.74) is 2.00. The van der Waals surface area contributed by atoms with E-state index in [9.17, 15) is 9.59 Å². The van der Waals surface area contributed by atoms with Crippen LogP contribution in [-0.2, 0) is 9.59 Å². The molecule has 26 heavy (non-hydrogen) atoms. The molecule has 3 rings (SSSR count). The number of nitrogens with two attached hydrogens (primary N) is 1. The van der Waals surface area contributed by atoms with Crippen LogP contribution < -0.4 is 11.2 Å². The summed E-state index contributed by atoms with van der Waals surface area (Å²) >= 11 is 1.20. The molecule has 0 radical (unpaired) electrons. The Kier molecular flexibility index (Phi) is 5.46. The summed E-state index contributed by atoms with van der Waals surface area (Å²) in [6.07, 6.45) is 2.05. The summed E-state index contributed by atoms with van der Waals surface area (Å²) in [6.45, 7) is 2.06. The summed E-state index contributed by atoms with van der Waals surface area (Å²) < 4.78 is 1.38. The number of nitrogens with one attached hydrogen (secondary N) is 1. The van der Waals surface area contributed by atoms with Crippen molar-refractivity contribution in [1.29, 1.82) is 0 Å². The van der Waals surface area contributed by atoms with E-state index >= 15 is 0 Å². The van der Waals surface area contributed by atoms with Crippen LogP contribution in [-0.4, -0.2) is 57.0 Å². The Labute approximate surface area is 156 Å². The van der Waals surface area contributed by atoms with Gasteiger partial charge in [0.2, 0.25) is 17.0 Å². The highest BCUT2D eigenvalue weighted by Crippen LogP contribution is 2.22. The SMILES string of the molecule is Cc1ccc(-c2nnc(SCC(=O)N(C)CC(=O)NC3CC3)n2N)cc1. The Hall–Kier alpha value is -2.55. The quantitative estimate of drug-likeness (QED) is 0.548.